The highest BCUT2D eigenvalue weighted by molar-refractivity contribution is 7.12. The summed E-state index contributed by atoms with van der Waals surface area (Å²) in [5, 5.41) is 4.43. The summed E-state index contributed by atoms with van der Waals surface area (Å²) in [6.45, 7) is 2.26. The number of aromatic nitrogens is 1. The van der Waals surface area contributed by atoms with Crippen LogP contribution in [0.5, 0.6) is 0 Å². The van der Waals surface area contributed by atoms with E-state index in [4.69, 9.17) is 4.74 Å². The minimum atomic E-state index is -0.280. The summed E-state index contributed by atoms with van der Waals surface area (Å²) in [7, 11) is 1.54. The summed E-state index contributed by atoms with van der Waals surface area (Å²) in [5.41, 5.74) is 0.279. The normalized spacial score (nSPS) is 19.2. The monoisotopic (exact) mass is 392 g/mol. The summed E-state index contributed by atoms with van der Waals surface area (Å²) in [6, 6.07) is 0. The lowest BCUT2D eigenvalue weighted by molar-refractivity contribution is 0.0552. The third-order valence-corrected chi connectivity index (χ3v) is 5.86. The molecule has 0 fully saturated rings. The SMILES string of the molecule is CCCCCCCCC1C=CC(OCC(=O)c2nc(C(=O)NC)cs2)CC1. The Morgan fingerprint density at radius 2 is 1.96 bits per heavy atom. The first-order chi connectivity index (χ1) is 13.1. The lowest BCUT2D eigenvalue weighted by atomic mass is 9.89. The van der Waals surface area contributed by atoms with Gasteiger partial charge in [0.05, 0.1) is 6.10 Å². The molecule has 1 heterocycles. The van der Waals surface area contributed by atoms with Crippen molar-refractivity contribution in [2.75, 3.05) is 13.7 Å². The second kappa shape index (κ2) is 12.0. The summed E-state index contributed by atoms with van der Waals surface area (Å²) in [5.74, 6) is 0.205. The number of rotatable bonds is 12. The van der Waals surface area contributed by atoms with Crippen LogP contribution in [0.4, 0.5) is 0 Å². The van der Waals surface area contributed by atoms with Crippen LogP contribution >= 0.6 is 11.3 Å². The topological polar surface area (TPSA) is 68.3 Å². The Kier molecular flexibility index (Phi) is 9.70. The molecule has 0 saturated carbocycles. The summed E-state index contributed by atoms with van der Waals surface area (Å²) < 4.78 is 5.74. The molecule has 0 aromatic carbocycles. The smallest absolute Gasteiger partial charge is 0.270 e. The molecule has 1 amide bonds. The van der Waals surface area contributed by atoms with Gasteiger partial charge >= 0.3 is 0 Å². The molecular formula is C21H32N2O3S. The molecule has 0 bridgehead atoms. The van der Waals surface area contributed by atoms with Gasteiger partial charge in [-0.05, 0) is 25.2 Å². The van der Waals surface area contributed by atoms with Crippen molar-refractivity contribution in [3.05, 3.63) is 28.2 Å². The molecule has 150 valence electrons. The highest BCUT2D eigenvalue weighted by Crippen LogP contribution is 2.25. The standard InChI is InChI=1S/C21H32N2O3S/c1-3-4-5-6-7-8-9-16-10-12-17(13-11-16)26-14-19(24)21-23-18(15-27-21)20(25)22-2/h10,12,15-17H,3-9,11,13-14H2,1-2H3,(H,22,25). The number of nitrogens with zero attached hydrogens (tertiary/aromatic N) is 1. The molecule has 2 rings (SSSR count). The molecular weight excluding hydrogens is 360 g/mol. The first-order valence-electron chi connectivity index (χ1n) is 10.1. The minimum Gasteiger partial charge on any atom is -0.366 e. The fraction of sp³-hybridized carbons (Fsp3) is 0.667. The van der Waals surface area contributed by atoms with Gasteiger partial charge in [-0.1, -0.05) is 57.6 Å². The van der Waals surface area contributed by atoms with E-state index in [0.29, 0.717) is 10.9 Å². The third-order valence-electron chi connectivity index (χ3n) is 4.98. The van der Waals surface area contributed by atoms with Crippen LogP contribution in [0.1, 0.15) is 85.0 Å². The Bertz CT molecular complexity index is 627. The number of amides is 1. The van der Waals surface area contributed by atoms with Crippen LogP contribution in [0.3, 0.4) is 0 Å². The van der Waals surface area contributed by atoms with Gasteiger partial charge in [0.25, 0.3) is 5.91 Å². The van der Waals surface area contributed by atoms with Gasteiger partial charge in [0.15, 0.2) is 5.01 Å². The number of thiazole rings is 1. The molecule has 1 aromatic heterocycles. The Balaban J connectivity index is 1.65. The van der Waals surface area contributed by atoms with E-state index in [1.54, 1.807) is 12.4 Å². The molecule has 2 atom stereocenters. The number of carbonyl (C=O) groups excluding carboxylic acids is 2. The quantitative estimate of drug-likeness (QED) is 0.315. The molecule has 6 heteroatoms. The van der Waals surface area contributed by atoms with Crippen LogP contribution in [0.25, 0.3) is 0 Å². The van der Waals surface area contributed by atoms with E-state index < -0.39 is 0 Å². The van der Waals surface area contributed by atoms with Crippen molar-refractivity contribution in [2.45, 2.75) is 70.8 Å². The zero-order chi connectivity index (χ0) is 19.5. The predicted octanol–water partition coefficient (Wildman–Crippen LogP) is 4.79. The average Bonchev–Trinajstić information content (AvgIpc) is 3.19. The maximum Gasteiger partial charge on any atom is 0.270 e. The highest BCUT2D eigenvalue weighted by atomic mass is 32.1. The van der Waals surface area contributed by atoms with Crippen LogP contribution in [-0.2, 0) is 4.74 Å². The molecule has 0 aliphatic heterocycles. The second-order valence-corrected chi connectivity index (χ2v) is 8.03. The molecule has 0 saturated heterocycles. The Labute approximate surface area is 166 Å². The summed E-state index contributed by atoms with van der Waals surface area (Å²) in [6.07, 6.45) is 15.7. The fourth-order valence-corrected chi connectivity index (χ4v) is 4.02. The lowest BCUT2D eigenvalue weighted by Gasteiger charge is -2.22. The number of ether oxygens (including phenoxy) is 1. The zero-order valence-electron chi connectivity index (χ0n) is 16.5. The number of ketones is 1. The molecule has 0 radical (unpaired) electrons. The first kappa shape index (κ1) is 21.8. The van der Waals surface area contributed by atoms with Gasteiger partial charge in [-0.15, -0.1) is 11.3 Å². The summed E-state index contributed by atoms with van der Waals surface area (Å²) in [4.78, 5) is 27.8. The van der Waals surface area contributed by atoms with Crippen molar-refractivity contribution in [1.82, 2.24) is 10.3 Å². The van der Waals surface area contributed by atoms with Gasteiger partial charge in [-0.2, -0.15) is 0 Å². The Morgan fingerprint density at radius 1 is 1.19 bits per heavy atom. The van der Waals surface area contributed by atoms with Gasteiger partial charge in [0, 0.05) is 12.4 Å². The minimum absolute atomic E-state index is 0.00753. The highest BCUT2D eigenvalue weighted by Gasteiger charge is 2.19. The van der Waals surface area contributed by atoms with Crippen molar-refractivity contribution in [2.24, 2.45) is 5.92 Å². The van der Waals surface area contributed by atoms with Crippen molar-refractivity contribution in [3.8, 4) is 0 Å². The largest absolute Gasteiger partial charge is 0.366 e. The number of nitrogens with one attached hydrogen (secondary N) is 1. The number of hydrogen-bond donors (Lipinski definition) is 1. The molecule has 2 unspecified atom stereocenters. The van der Waals surface area contributed by atoms with Crippen LogP contribution in [0.2, 0.25) is 0 Å². The van der Waals surface area contributed by atoms with E-state index in [1.807, 2.05) is 0 Å². The maximum absolute atomic E-state index is 12.2. The molecule has 27 heavy (non-hydrogen) atoms. The molecule has 1 aliphatic rings. The van der Waals surface area contributed by atoms with Crippen molar-refractivity contribution in [3.63, 3.8) is 0 Å². The van der Waals surface area contributed by atoms with Gasteiger partial charge < -0.3 is 10.1 Å². The number of Topliss-reactive ketones (excluding diaryl/α,β-unsaturated/α-hetero) is 1. The number of carbonyl (C=O) groups is 2. The van der Waals surface area contributed by atoms with Crippen LogP contribution < -0.4 is 5.32 Å². The maximum atomic E-state index is 12.2. The molecule has 1 N–H and O–H groups in total. The van der Waals surface area contributed by atoms with Gasteiger partial charge in [-0.25, -0.2) is 4.98 Å². The molecule has 1 aromatic rings. The first-order valence-corrected chi connectivity index (χ1v) is 11.0. The van der Waals surface area contributed by atoms with E-state index in [9.17, 15) is 9.59 Å². The number of allylic oxidation sites excluding steroid dienone is 1. The van der Waals surface area contributed by atoms with Gasteiger partial charge in [0.2, 0.25) is 5.78 Å². The molecule has 5 nitrogen and oxygen atoms in total. The fourth-order valence-electron chi connectivity index (χ4n) is 3.30. The summed E-state index contributed by atoms with van der Waals surface area (Å²) >= 11 is 1.18. The second-order valence-electron chi connectivity index (χ2n) is 7.17. The zero-order valence-corrected chi connectivity index (χ0v) is 17.4. The van der Waals surface area contributed by atoms with Crippen LogP contribution in [0.15, 0.2) is 17.5 Å². The van der Waals surface area contributed by atoms with Crippen molar-refractivity contribution in [1.29, 1.82) is 0 Å². The lowest BCUT2D eigenvalue weighted by Crippen LogP contribution is -2.21. The number of hydrogen-bond acceptors (Lipinski definition) is 5. The van der Waals surface area contributed by atoms with Gasteiger partial charge in [0.1, 0.15) is 12.3 Å². The van der Waals surface area contributed by atoms with E-state index >= 15 is 0 Å². The van der Waals surface area contributed by atoms with E-state index in [0.717, 1.165) is 12.8 Å². The Hall–Kier alpha value is -1.53. The van der Waals surface area contributed by atoms with Crippen molar-refractivity contribution < 1.29 is 14.3 Å². The van der Waals surface area contributed by atoms with Crippen LogP contribution in [-0.4, -0.2) is 36.4 Å². The number of unbranched alkanes of at least 4 members (excludes halogenated alkanes) is 5. The van der Waals surface area contributed by atoms with Gasteiger partial charge in [-0.3, -0.25) is 9.59 Å². The predicted molar refractivity (Wildman–Crippen MR) is 109 cm³/mol. The van der Waals surface area contributed by atoms with Crippen LogP contribution in [0, 0.1) is 5.92 Å². The van der Waals surface area contributed by atoms with Crippen molar-refractivity contribution >= 4 is 23.0 Å². The molecule has 1 aliphatic carbocycles. The van der Waals surface area contributed by atoms with E-state index in [-0.39, 0.29) is 30.1 Å². The molecule has 0 spiro atoms. The third kappa shape index (κ3) is 7.54. The van der Waals surface area contributed by atoms with E-state index in [2.05, 4.69) is 29.4 Å². The Morgan fingerprint density at radius 3 is 2.67 bits per heavy atom. The van der Waals surface area contributed by atoms with E-state index in [1.165, 1.54) is 56.3 Å². The average molecular weight is 393 g/mol.